The highest BCUT2D eigenvalue weighted by atomic mass is 35.5. The molecule has 4 rings (SSSR count). The fourth-order valence-corrected chi connectivity index (χ4v) is 4.62. The second kappa shape index (κ2) is 13.9. The number of methoxy groups -OCH3 is 2. The Morgan fingerprint density at radius 2 is 1.62 bits per heavy atom. The van der Waals surface area contributed by atoms with Crippen LogP contribution in [0.3, 0.4) is 0 Å². The van der Waals surface area contributed by atoms with Crippen molar-refractivity contribution in [3.05, 3.63) is 111 Å². The minimum atomic E-state index is -0.704. The van der Waals surface area contributed by atoms with Crippen LogP contribution < -0.4 is 19.8 Å². The molecule has 210 valence electrons. The van der Waals surface area contributed by atoms with E-state index in [9.17, 15) is 9.90 Å². The highest BCUT2D eigenvalue weighted by molar-refractivity contribution is 6.35. The van der Waals surface area contributed by atoms with Gasteiger partial charge in [0.05, 0.1) is 19.8 Å². The summed E-state index contributed by atoms with van der Waals surface area (Å²) in [6.07, 6.45) is 2.80. The number of carbonyl (C=O) groups is 1. The first-order valence-corrected chi connectivity index (χ1v) is 12.9. The predicted octanol–water partition coefficient (Wildman–Crippen LogP) is 6.41. The van der Waals surface area contributed by atoms with Crippen molar-refractivity contribution in [1.82, 2.24) is 0 Å². The molecule has 4 N–H and O–H groups in total. The van der Waals surface area contributed by atoms with Gasteiger partial charge in [-0.15, -0.1) is 0 Å². The number of rotatable bonds is 10. The van der Waals surface area contributed by atoms with Crippen molar-refractivity contribution in [3.8, 4) is 17.2 Å². The van der Waals surface area contributed by atoms with Gasteiger partial charge in [0.15, 0.2) is 23.9 Å². The first-order valence-electron chi connectivity index (χ1n) is 12.2. The van der Waals surface area contributed by atoms with Gasteiger partial charge >= 0.3 is 5.97 Å². The minimum absolute atomic E-state index is 0. The highest BCUT2D eigenvalue weighted by Crippen LogP contribution is 2.35. The molecule has 0 unspecified atom stereocenters. The van der Waals surface area contributed by atoms with E-state index >= 15 is 0 Å². The monoisotopic (exact) mass is 584 g/mol. The molecule has 1 atom stereocenters. The maximum Gasteiger partial charge on any atom is 0.338 e. The van der Waals surface area contributed by atoms with Crippen LogP contribution in [0.15, 0.2) is 73.1 Å². The van der Waals surface area contributed by atoms with E-state index in [-0.39, 0.29) is 17.6 Å². The lowest BCUT2D eigenvalue weighted by molar-refractivity contribution is -0.377. The molecule has 10 heteroatoms. The molecule has 0 aliphatic rings. The zero-order valence-electron chi connectivity index (χ0n) is 22.2. The van der Waals surface area contributed by atoms with E-state index in [0.717, 1.165) is 16.8 Å². The van der Waals surface area contributed by atoms with Crippen LogP contribution in [-0.4, -0.2) is 30.8 Å². The summed E-state index contributed by atoms with van der Waals surface area (Å²) in [6.45, 7) is 2.49. The van der Waals surface area contributed by atoms with Crippen molar-refractivity contribution >= 4 is 34.9 Å². The Morgan fingerprint density at radius 3 is 2.27 bits per heavy atom. The summed E-state index contributed by atoms with van der Waals surface area (Å²) in [5.74, 6) is 0.768. The third-order valence-electron chi connectivity index (χ3n) is 6.31. The molecule has 1 aromatic heterocycles. The number of carbonyl (C=O) groups excluding carboxylic acids is 1. The van der Waals surface area contributed by atoms with E-state index in [0.29, 0.717) is 44.8 Å². The van der Waals surface area contributed by atoms with Gasteiger partial charge in [-0.25, -0.2) is 9.78 Å². The summed E-state index contributed by atoms with van der Waals surface area (Å²) in [4.78, 5) is 16.1. The number of esters is 1. The number of halogens is 2. The third kappa shape index (κ3) is 7.35. The molecule has 0 saturated heterocycles. The molecule has 40 heavy (non-hydrogen) atoms. The van der Waals surface area contributed by atoms with Crippen LogP contribution in [0.5, 0.6) is 17.2 Å². The summed E-state index contributed by atoms with van der Waals surface area (Å²) < 4.78 is 16.8. The van der Waals surface area contributed by atoms with Gasteiger partial charge in [0.1, 0.15) is 21.9 Å². The van der Waals surface area contributed by atoms with Gasteiger partial charge in [0, 0.05) is 30.3 Å². The normalized spacial score (nSPS) is 11.2. The second-order valence-electron chi connectivity index (χ2n) is 8.89. The van der Waals surface area contributed by atoms with E-state index in [4.69, 9.17) is 37.4 Å². The Morgan fingerprint density at radius 1 is 0.950 bits per heavy atom. The first-order chi connectivity index (χ1) is 18.8. The molecule has 0 aliphatic heterocycles. The van der Waals surface area contributed by atoms with Crippen molar-refractivity contribution in [2.45, 2.75) is 26.0 Å². The van der Waals surface area contributed by atoms with Gasteiger partial charge in [-0.2, -0.15) is 0 Å². The van der Waals surface area contributed by atoms with Gasteiger partial charge < -0.3 is 30.1 Å². The Kier molecular flexibility index (Phi) is 10.6. The number of aromatic amines is 1. The van der Waals surface area contributed by atoms with Crippen LogP contribution in [0.1, 0.15) is 38.7 Å². The fraction of sp³-hybridized carbons (Fsp3) is 0.200. The molecule has 0 spiro atoms. The summed E-state index contributed by atoms with van der Waals surface area (Å²) in [7, 11) is 3.10. The third-order valence-corrected chi connectivity index (χ3v) is 6.98. The lowest BCUT2D eigenvalue weighted by Gasteiger charge is -2.20. The van der Waals surface area contributed by atoms with E-state index in [1.165, 1.54) is 0 Å². The zero-order chi connectivity index (χ0) is 27.9. The number of hydrogen-bond donors (Lipinski definition) is 2. The Bertz CT molecular complexity index is 1440. The Labute approximate surface area is 242 Å². The van der Waals surface area contributed by atoms with Crippen LogP contribution in [0, 0.1) is 6.92 Å². The van der Waals surface area contributed by atoms with Crippen molar-refractivity contribution in [2.75, 3.05) is 19.5 Å². The molecule has 1 heterocycles. The van der Waals surface area contributed by atoms with E-state index in [1.807, 2.05) is 31.2 Å². The topological polar surface area (TPSA) is 121 Å². The van der Waals surface area contributed by atoms with Crippen LogP contribution in [0.25, 0.3) is 0 Å². The molecule has 0 amide bonds. The van der Waals surface area contributed by atoms with Crippen molar-refractivity contribution in [3.63, 3.8) is 0 Å². The number of nitrogens with one attached hydrogen (secondary N) is 2. The first kappa shape index (κ1) is 30.6. The van der Waals surface area contributed by atoms with Crippen molar-refractivity contribution in [1.29, 1.82) is 0 Å². The number of phenolic OH excluding ortho intramolecular Hbond substituents is 1. The molecule has 0 aliphatic carbocycles. The zero-order valence-corrected chi connectivity index (χ0v) is 23.7. The standard InChI is InChI=1S/C30H28Cl2N2O5.H2O/c1-18-4-10-22(35)13-26(18)34-15-19-5-7-20(8-6-19)30(36)39-28(14-23-24(31)16-33-17-25(23)32)21-9-11-27(37-2)29(12-21)38-3;/h4-13,16-17,28,34-35H,14-15H2,1-3H3;1H2/t28-;/m0./s1. The summed E-state index contributed by atoms with van der Waals surface area (Å²) >= 11 is 12.8. The fourth-order valence-electron chi connectivity index (χ4n) is 4.09. The molecule has 4 aromatic rings. The summed E-state index contributed by atoms with van der Waals surface area (Å²) in [5.41, 5.74) is 4.57. The quantitative estimate of drug-likeness (QED) is 0.206. The van der Waals surface area contributed by atoms with Gasteiger partial charge in [-0.1, -0.05) is 47.5 Å². The molecular weight excluding hydrogens is 555 g/mol. The molecule has 3 aromatic carbocycles. The number of benzene rings is 3. The maximum atomic E-state index is 13.2. The van der Waals surface area contributed by atoms with E-state index < -0.39 is 12.1 Å². The largest absolute Gasteiger partial charge is 0.870 e. The molecule has 8 nitrogen and oxygen atoms in total. The number of H-pyrrole nitrogens is 1. The van der Waals surface area contributed by atoms with Crippen LogP contribution in [-0.2, 0) is 17.7 Å². The smallest absolute Gasteiger partial charge is 0.338 e. The summed E-state index contributed by atoms with van der Waals surface area (Å²) in [5, 5.41) is 13.9. The van der Waals surface area contributed by atoms with Crippen molar-refractivity contribution < 1.29 is 34.6 Å². The lowest BCUT2D eigenvalue weighted by Crippen LogP contribution is -2.16. The minimum Gasteiger partial charge on any atom is -0.870 e. The number of ether oxygens (including phenoxy) is 3. The molecule has 0 saturated carbocycles. The molecule has 0 fully saturated rings. The van der Waals surface area contributed by atoms with Crippen LogP contribution in [0.4, 0.5) is 5.69 Å². The van der Waals surface area contributed by atoms with E-state index in [2.05, 4.69) is 10.3 Å². The Balaban J connectivity index is 0.00000441. The predicted molar refractivity (Wildman–Crippen MR) is 153 cm³/mol. The lowest BCUT2D eigenvalue weighted by atomic mass is 10.0. The maximum absolute atomic E-state index is 13.2. The van der Waals surface area contributed by atoms with Crippen molar-refractivity contribution in [2.24, 2.45) is 0 Å². The molecule has 0 radical (unpaired) electrons. The average molecular weight is 585 g/mol. The Hall–Kier alpha value is -3.98. The highest BCUT2D eigenvalue weighted by Gasteiger charge is 2.24. The average Bonchev–Trinajstić information content (AvgIpc) is 2.94. The second-order valence-corrected chi connectivity index (χ2v) is 9.71. The number of aromatic nitrogens is 1. The van der Waals surface area contributed by atoms with Gasteiger partial charge in [0.2, 0.25) is 0 Å². The van der Waals surface area contributed by atoms with Gasteiger partial charge in [-0.3, -0.25) is 0 Å². The SMILES string of the molecule is COc1ccc([C@H](Cc2c(Cl)c[nH+]cc2Cl)OC(=O)c2ccc(CNc3cc(O)ccc3C)cc2)cc1OC.[OH-]. The number of hydrogen-bond acceptors (Lipinski definition) is 7. The number of pyridine rings is 1. The molecule has 0 bridgehead atoms. The van der Waals surface area contributed by atoms with Crippen LogP contribution >= 0.6 is 23.2 Å². The van der Waals surface area contributed by atoms with Crippen LogP contribution in [0.2, 0.25) is 10.0 Å². The number of anilines is 1. The summed E-state index contributed by atoms with van der Waals surface area (Å²) in [6, 6.07) is 17.7. The number of phenols is 1. The number of aromatic hydroxyl groups is 1. The van der Waals surface area contributed by atoms with Gasteiger partial charge in [-0.05, 0) is 53.9 Å². The van der Waals surface area contributed by atoms with Gasteiger partial charge in [0.25, 0.3) is 0 Å². The van der Waals surface area contributed by atoms with E-state index in [1.54, 1.807) is 63.0 Å². The number of aryl methyl sites for hydroxylation is 1. The molecular formula is C30H30Cl2N2O6.